The zero-order valence-electron chi connectivity index (χ0n) is 17.3. The van der Waals surface area contributed by atoms with E-state index in [2.05, 4.69) is 0 Å². The molecule has 29 heavy (non-hydrogen) atoms. The van der Waals surface area contributed by atoms with E-state index in [0.717, 1.165) is 6.42 Å². The summed E-state index contributed by atoms with van der Waals surface area (Å²) in [6.45, 7) is 7.62. The first-order valence-corrected chi connectivity index (χ1v) is 10.3. The van der Waals surface area contributed by atoms with Crippen LogP contribution in [-0.2, 0) is 33.2 Å². The molecule has 3 aliphatic heterocycles. The summed E-state index contributed by atoms with van der Waals surface area (Å²) >= 11 is 0. The van der Waals surface area contributed by atoms with Gasteiger partial charge in [0, 0.05) is 0 Å². The normalized spacial score (nSPS) is 41.4. The van der Waals surface area contributed by atoms with Gasteiger partial charge in [-0.05, 0) is 45.6 Å². The van der Waals surface area contributed by atoms with Gasteiger partial charge in [-0.25, -0.2) is 0 Å². The third-order valence-corrected chi connectivity index (χ3v) is 6.01. The Morgan fingerprint density at radius 1 is 1.07 bits per heavy atom. The second-order valence-corrected chi connectivity index (χ2v) is 9.27. The first kappa shape index (κ1) is 19.5. The van der Waals surface area contributed by atoms with E-state index in [-0.39, 0.29) is 43.2 Å². The monoisotopic (exact) mass is 404 g/mol. The van der Waals surface area contributed by atoms with Crippen LogP contribution in [0.25, 0.3) is 0 Å². The average molecular weight is 404 g/mol. The number of rotatable bonds is 4. The van der Waals surface area contributed by atoms with E-state index in [4.69, 9.17) is 28.4 Å². The summed E-state index contributed by atoms with van der Waals surface area (Å²) in [5.74, 6) is -2.93. The van der Waals surface area contributed by atoms with Gasteiger partial charge >= 0.3 is 5.97 Å². The zero-order chi connectivity index (χ0) is 20.4. The number of carbonyl (C=O) groups is 1. The molecule has 5 rings (SSSR count). The van der Waals surface area contributed by atoms with Gasteiger partial charge in [-0.2, -0.15) is 0 Å². The fraction of sp³-hybridized carbons (Fsp3) is 0.682. The largest absolute Gasteiger partial charge is 0.460 e. The minimum Gasteiger partial charge on any atom is -0.460 e. The molecule has 7 heteroatoms. The van der Waals surface area contributed by atoms with Crippen molar-refractivity contribution in [3.63, 3.8) is 0 Å². The lowest BCUT2D eigenvalue weighted by Gasteiger charge is -2.40. The highest BCUT2D eigenvalue weighted by molar-refractivity contribution is 5.77. The highest BCUT2D eigenvalue weighted by Crippen LogP contribution is 2.50. The van der Waals surface area contributed by atoms with E-state index in [1.165, 1.54) is 5.56 Å². The van der Waals surface area contributed by atoms with Gasteiger partial charge in [0.1, 0.15) is 24.9 Å². The van der Waals surface area contributed by atoms with Crippen LogP contribution in [0.1, 0.15) is 45.6 Å². The van der Waals surface area contributed by atoms with E-state index in [1.807, 2.05) is 58.0 Å². The third-order valence-electron chi connectivity index (χ3n) is 6.01. The molecule has 1 saturated carbocycles. The fourth-order valence-electron chi connectivity index (χ4n) is 4.75. The van der Waals surface area contributed by atoms with Gasteiger partial charge in [-0.1, -0.05) is 30.3 Å². The summed E-state index contributed by atoms with van der Waals surface area (Å²) in [5.41, 5.74) is 1.17. The number of carbonyl (C=O) groups excluding carboxylic acids is 1. The summed E-state index contributed by atoms with van der Waals surface area (Å²) < 4.78 is 36.0. The molecule has 0 amide bonds. The first-order valence-electron chi connectivity index (χ1n) is 10.3. The lowest BCUT2D eigenvalue weighted by atomic mass is 9.97. The van der Waals surface area contributed by atoms with Gasteiger partial charge in [0.15, 0.2) is 11.6 Å². The van der Waals surface area contributed by atoms with Crippen molar-refractivity contribution in [2.45, 2.75) is 75.7 Å². The maximum atomic E-state index is 12.7. The van der Waals surface area contributed by atoms with Gasteiger partial charge in [0.2, 0.25) is 5.79 Å². The Morgan fingerprint density at radius 2 is 1.83 bits per heavy atom. The second-order valence-electron chi connectivity index (χ2n) is 9.27. The van der Waals surface area contributed by atoms with Crippen molar-refractivity contribution >= 4 is 5.97 Å². The summed E-state index contributed by atoms with van der Waals surface area (Å²) in [5, 5.41) is 0. The molecule has 158 valence electrons. The van der Waals surface area contributed by atoms with E-state index in [1.54, 1.807) is 0 Å². The average Bonchev–Trinajstić information content (AvgIpc) is 3.32. The van der Waals surface area contributed by atoms with E-state index in [0.29, 0.717) is 0 Å². The fourth-order valence-corrected chi connectivity index (χ4v) is 4.75. The van der Waals surface area contributed by atoms with Crippen LogP contribution in [0.3, 0.4) is 0 Å². The second kappa shape index (κ2) is 6.49. The first-order chi connectivity index (χ1) is 13.7. The van der Waals surface area contributed by atoms with Crippen LogP contribution in [0.5, 0.6) is 0 Å². The molecule has 0 radical (unpaired) electrons. The Bertz CT molecular complexity index is 792. The molecule has 0 N–H and O–H groups in total. The predicted octanol–water partition coefficient (Wildman–Crippen LogP) is 2.73. The molecule has 4 fully saturated rings. The van der Waals surface area contributed by atoms with Crippen LogP contribution >= 0.6 is 0 Å². The molecule has 7 nitrogen and oxygen atoms in total. The van der Waals surface area contributed by atoms with Crippen molar-refractivity contribution in [1.29, 1.82) is 0 Å². The predicted molar refractivity (Wildman–Crippen MR) is 101 cm³/mol. The maximum absolute atomic E-state index is 12.7. The Labute approximate surface area is 170 Å². The quantitative estimate of drug-likeness (QED) is 0.715. The molecule has 1 aromatic carbocycles. The Kier molecular flexibility index (Phi) is 4.35. The summed E-state index contributed by atoms with van der Waals surface area (Å²) in [6.07, 6.45) is -0.340. The minimum atomic E-state index is -1.19. The van der Waals surface area contributed by atoms with Crippen LogP contribution in [0, 0.1) is 5.92 Å². The number of hydrogen-bond donors (Lipinski definition) is 0. The van der Waals surface area contributed by atoms with Crippen LogP contribution in [0.4, 0.5) is 0 Å². The molecular weight excluding hydrogens is 376 g/mol. The molecule has 3 saturated heterocycles. The molecule has 1 aromatic rings. The van der Waals surface area contributed by atoms with Gasteiger partial charge < -0.3 is 28.4 Å². The lowest BCUT2D eigenvalue weighted by Crippen LogP contribution is -2.60. The molecule has 3 heterocycles. The van der Waals surface area contributed by atoms with Gasteiger partial charge in [0.25, 0.3) is 0 Å². The number of esters is 1. The van der Waals surface area contributed by atoms with Crippen LogP contribution < -0.4 is 0 Å². The van der Waals surface area contributed by atoms with Crippen molar-refractivity contribution in [3.05, 3.63) is 35.9 Å². The Morgan fingerprint density at radius 3 is 2.59 bits per heavy atom. The summed E-state index contributed by atoms with van der Waals surface area (Å²) in [7, 11) is 0. The van der Waals surface area contributed by atoms with Crippen LogP contribution in [0.2, 0.25) is 0 Å². The standard InChI is InChI=1S/C22H28O7/c1-20(2)26-16-11-25-22(18(17(16)27-20)28-21(3,4)29-22)12-24-19(23)15-10-14(15)13-8-6-5-7-9-13/h5-9,14-18H,10-12H2,1-4H3/t14-,15+,16-,17-,18+,22+/m1/s1. The van der Waals surface area contributed by atoms with Crippen molar-refractivity contribution in [2.24, 2.45) is 5.92 Å². The Balaban J connectivity index is 1.28. The highest BCUT2D eigenvalue weighted by atomic mass is 16.9. The summed E-state index contributed by atoms with van der Waals surface area (Å²) in [6, 6.07) is 10.0. The molecule has 0 aromatic heterocycles. The van der Waals surface area contributed by atoms with Crippen LogP contribution in [0.15, 0.2) is 30.3 Å². The van der Waals surface area contributed by atoms with Crippen molar-refractivity contribution in [1.82, 2.24) is 0 Å². The molecule has 4 aliphatic rings. The van der Waals surface area contributed by atoms with Crippen LogP contribution in [-0.4, -0.2) is 54.9 Å². The molecule has 1 aliphatic carbocycles. The molecule has 0 unspecified atom stereocenters. The third kappa shape index (κ3) is 3.49. The maximum Gasteiger partial charge on any atom is 0.309 e. The van der Waals surface area contributed by atoms with E-state index in [9.17, 15) is 4.79 Å². The lowest BCUT2D eigenvalue weighted by molar-refractivity contribution is -0.296. The van der Waals surface area contributed by atoms with Crippen molar-refractivity contribution in [2.75, 3.05) is 13.2 Å². The van der Waals surface area contributed by atoms with Gasteiger partial charge in [0.05, 0.1) is 12.5 Å². The minimum absolute atomic E-state index is 0.0368. The number of fused-ring (bicyclic) bond motifs is 3. The van der Waals surface area contributed by atoms with Crippen molar-refractivity contribution in [3.8, 4) is 0 Å². The van der Waals surface area contributed by atoms with Gasteiger partial charge in [-0.3, -0.25) is 4.79 Å². The molecule has 0 spiro atoms. The van der Waals surface area contributed by atoms with E-state index >= 15 is 0 Å². The highest BCUT2D eigenvalue weighted by Gasteiger charge is 2.66. The SMILES string of the molecule is CC1(C)O[C@@H]2[C@@H](CO[C@@]3(COC(=O)[C@H]4C[C@@H]4c4ccccc4)OC(C)(C)O[C@@H]23)O1. The molecule has 6 atom stereocenters. The molecule has 0 bridgehead atoms. The number of benzene rings is 1. The smallest absolute Gasteiger partial charge is 0.309 e. The molecular formula is C22H28O7. The summed E-state index contributed by atoms with van der Waals surface area (Å²) in [4.78, 5) is 12.7. The van der Waals surface area contributed by atoms with Crippen molar-refractivity contribution < 1.29 is 33.2 Å². The van der Waals surface area contributed by atoms with E-state index < -0.39 is 23.5 Å². The zero-order valence-corrected chi connectivity index (χ0v) is 17.3. The number of hydrogen-bond acceptors (Lipinski definition) is 7. The topological polar surface area (TPSA) is 72.5 Å². The van der Waals surface area contributed by atoms with Gasteiger partial charge in [-0.15, -0.1) is 0 Å². The number of ether oxygens (including phenoxy) is 6. The Hall–Kier alpha value is -1.51.